The average Bonchev–Trinajstić information content (AvgIpc) is 2.06. The van der Waals surface area contributed by atoms with Crippen LogP contribution in [0.5, 0.6) is 0 Å². The molecule has 0 aromatic carbocycles. The number of nitrogens with two attached hydrogens (primary N) is 1. The minimum absolute atomic E-state index is 0.303. The second-order valence-electron chi connectivity index (χ2n) is 3.11. The zero-order chi connectivity index (χ0) is 8.81. The summed E-state index contributed by atoms with van der Waals surface area (Å²) in [4.78, 5) is 3.96. The molecular formula is C10H16N2. The number of hydrogen-bond acceptors (Lipinski definition) is 2. The van der Waals surface area contributed by atoms with Gasteiger partial charge in [0.05, 0.1) is 0 Å². The van der Waals surface area contributed by atoms with Crippen LogP contribution in [0.25, 0.3) is 0 Å². The Morgan fingerprint density at radius 1 is 1.42 bits per heavy atom. The first-order valence-electron chi connectivity index (χ1n) is 4.47. The fraction of sp³-hybridized carbons (Fsp3) is 0.500. The van der Waals surface area contributed by atoms with Crippen LogP contribution in [0.15, 0.2) is 24.5 Å². The number of pyridine rings is 1. The Hall–Kier alpha value is -0.890. The van der Waals surface area contributed by atoms with E-state index in [0.717, 1.165) is 19.3 Å². The van der Waals surface area contributed by atoms with E-state index >= 15 is 0 Å². The summed E-state index contributed by atoms with van der Waals surface area (Å²) in [5.74, 6) is 0. The third-order valence-corrected chi connectivity index (χ3v) is 1.91. The Balaban J connectivity index is 2.41. The monoisotopic (exact) mass is 164 g/mol. The van der Waals surface area contributed by atoms with Gasteiger partial charge in [0.15, 0.2) is 0 Å². The maximum Gasteiger partial charge on any atom is 0.0270 e. The molecule has 1 heterocycles. The van der Waals surface area contributed by atoms with Gasteiger partial charge in [-0.3, -0.25) is 4.98 Å². The van der Waals surface area contributed by atoms with Crippen molar-refractivity contribution in [2.45, 2.75) is 32.2 Å². The van der Waals surface area contributed by atoms with E-state index in [0.29, 0.717) is 6.04 Å². The lowest BCUT2D eigenvalue weighted by atomic mass is 10.0. The summed E-state index contributed by atoms with van der Waals surface area (Å²) >= 11 is 0. The van der Waals surface area contributed by atoms with Crippen molar-refractivity contribution in [2.75, 3.05) is 0 Å². The van der Waals surface area contributed by atoms with Crippen LogP contribution < -0.4 is 5.73 Å². The van der Waals surface area contributed by atoms with Gasteiger partial charge in [-0.25, -0.2) is 0 Å². The van der Waals surface area contributed by atoms with Crippen LogP contribution in [0.1, 0.15) is 25.3 Å². The topological polar surface area (TPSA) is 38.9 Å². The zero-order valence-corrected chi connectivity index (χ0v) is 7.53. The first-order valence-corrected chi connectivity index (χ1v) is 4.47. The van der Waals surface area contributed by atoms with Crippen molar-refractivity contribution >= 4 is 0 Å². The molecule has 0 saturated carbocycles. The molecule has 0 aliphatic heterocycles. The zero-order valence-electron chi connectivity index (χ0n) is 7.53. The Morgan fingerprint density at radius 3 is 2.67 bits per heavy atom. The van der Waals surface area contributed by atoms with Gasteiger partial charge in [0.1, 0.15) is 0 Å². The lowest BCUT2D eigenvalue weighted by Gasteiger charge is -2.09. The van der Waals surface area contributed by atoms with Crippen molar-refractivity contribution < 1.29 is 0 Å². The normalized spacial score (nSPS) is 12.8. The van der Waals surface area contributed by atoms with Gasteiger partial charge in [-0.05, 0) is 30.5 Å². The smallest absolute Gasteiger partial charge is 0.0270 e. The van der Waals surface area contributed by atoms with Gasteiger partial charge < -0.3 is 5.73 Å². The van der Waals surface area contributed by atoms with Crippen molar-refractivity contribution in [3.8, 4) is 0 Å². The number of rotatable bonds is 4. The van der Waals surface area contributed by atoms with E-state index < -0.39 is 0 Å². The molecule has 0 unspecified atom stereocenters. The summed E-state index contributed by atoms with van der Waals surface area (Å²) in [7, 11) is 0. The molecule has 2 nitrogen and oxygen atoms in total. The number of hydrogen-bond donors (Lipinski definition) is 1. The second-order valence-corrected chi connectivity index (χ2v) is 3.11. The average molecular weight is 164 g/mol. The molecule has 1 atom stereocenters. The van der Waals surface area contributed by atoms with Gasteiger partial charge in [-0.1, -0.05) is 13.3 Å². The van der Waals surface area contributed by atoms with Crippen LogP contribution in [0.3, 0.4) is 0 Å². The van der Waals surface area contributed by atoms with Crippen molar-refractivity contribution in [1.29, 1.82) is 0 Å². The molecule has 12 heavy (non-hydrogen) atoms. The largest absolute Gasteiger partial charge is 0.327 e. The van der Waals surface area contributed by atoms with Crippen LogP contribution in [-0.2, 0) is 6.42 Å². The van der Waals surface area contributed by atoms with E-state index in [1.54, 1.807) is 0 Å². The molecular weight excluding hydrogens is 148 g/mol. The van der Waals surface area contributed by atoms with Crippen molar-refractivity contribution in [2.24, 2.45) is 5.73 Å². The predicted molar refractivity (Wildman–Crippen MR) is 50.8 cm³/mol. The molecule has 1 aromatic heterocycles. The van der Waals surface area contributed by atoms with Gasteiger partial charge in [0, 0.05) is 18.4 Å². The van der Waals surface area contributed by atoms with Gasteiger partial charge in [-0.2, -0.15) is 0 Å². The molecule has 0 fully saturated rings. The van der Waals surface area contributed by atoms with E-state index in [1.807, 2.05) is 24.5 Å². The summed E-state index contributed by atoms with van der Waals surface area (Å²) in [6.07, 6.45) is 6.85. The Kier molecular flexibility index (Phi) is 3.74. The third-order valence-electron chi connectivity index (χ3n) is 1.91. The summed E-state index contributed by atoms with van der Waals surface area (Å²) in [5, 5.41) is 0. The highest BCUT2D eigenvalue weighted by Crippen LogP contribution is 2.03. The fourth-order valence-corrected chi connectivity index (χ4v) is 1.29. The molecule has 0 saturated heterocycles. The van der Waals surface area contributed by atoms with Crippen LogP contribution in [0.2, 0.25) is 0 Å². The molecule has 0 bridgehead atoms. The molecule has 66 valence electrons. The molecule has 2 heteroatoms. The number of nitrogens with zero attached hydrogens (tertiary/aromatic N) is 1. The van der Waals surface area contributed by atoms with Crippen molar-refractivity contribution in [3.05, 3.63) is 30.1 Å². The Bertz CT molecular complexity index is 208. The van der Waals surface area contributed by atoms with E-state index in [2.05, 4.69) is 11.9 Å². The second kappa shape index (κ2) is 4.88. The highest BCUT2D eigenvalue weighted by Gasteiger charge is 2.01. The molecule has 0 spiro atoms. The highest BCUT2D eigenvalue weighted by atomic mass is 14.6. The van der Waals surface area contributed by atoms with Crippen LogP contribution >= 0.6 is 0 Å². The van der Waals surface area contributed by atoms with Crippen molar-refractivity contribution in [3.63, 3.8) is 0 Å². The quantitative estimate of drug-likeness (QED) is 0.736. The SMILES string of the molecule is CCC[C@@H](N)Cc1ccncc1. The van der Waals surface area contributed by atoms with Crippen LogP contribution in [0, 0.1) is 0 Å². The molecule has 0 aliphatic carbocycles. The van der Waals surface area contributed by atoms with Gasteiger partial charge in [0.2, 0.25) is 0 Å². The molecule has 1 rings (SSSR count). The summed E-state index contributed by atoms with van der Waals surface area (Å²) in [6.45, 7) is 2.16. The Morgan fingerprint density at radius 2 is 2.08 bits per heavy atom. The predicted octanol–water partition coefficient (Wildman–Crippen LogP) is 1.75. The third kappa shape index (κ3) is 3.01. The maximum atomic E-state index is 5.90. The summed E-state index contributed by atoms with van der Waals surface area (Å²) < 4.78 is 0. The standard InChI is InChI=1S/C10H16N2/c1-2-3-10(11)8-9-4-6-12-7-5-9/h4-7,10H,2-3,8,11H2,1H3/t10-/m1/s1. The lowest BCUT2D eigenvalue weighted by molar-refractivity contribution is 0.600. The van der Waals surface area contributed by atoms with Gasteiger partial charge >= 0.3 is 0 Å². The minimum Gasteiger partial charge on any atom is -0.327 e. The summed E-state index contributed by atoms with van der Waals surface area (Å²) in [5.41, 5.74) is 7.18. The molecule has 2 N–H and O–H groups in total. The van der Waals surface area contributed by atoms with Crippen LogP contribution in [0.4, 0.5) is 0 Å². The van der Waals surface area contributed by atoms with Gasteiger partial charge in [0.25, 0.3) is 0 Å². The van der Waals surface area contributed by atoms with E-state index in [4.69, 9.17) is 5.73 Å². The lowest BCUT2D eigenvalue weighted by Crippen LogP contribution is -2.22. The Labute approximate surface area is 73.8 Å². The number of aromatic nitrogens is 1. The van der Waals surface area contributed by atoms with E-state index in [9.17, 15) is 0 Å². The fourth-order valence-electron chi connectivity index (χ4n) is 1.29. The highest BCUT2D eigenvalue weighted by molar-refractivity contribution is 5.10. The van der Waals surface area contributed by atoms with Crippen molar-refractivity contribution in [1.82, 2.24) is 4.98 Å². The summed E-state index contributed by atoms with van der Waals surface area (Å²) in [6, 6.07) is 4.35. The van der Waals surface area contributed by atoms with E-state index in [-0.39, 0.29) is 0 Å². The van der Waals surface area contributed by atoms with Gasteiger partial charge in [-0.15, -0.1) is 0 Å². The minimum atomic E-state index is 0.303. The van der Waals surface area contributed by atoms with E-state index in [1.165, 1.54) is 5.56 Å². The molecule has 0 aliphatic rings. The molecule has 1 aromatic rings. The molecule has 0 amide bonds. The van der Waals surface area contributed by atoms with Crippen LogP contribution in [-0.4, -0.2) is 11.0 Å². The molecule has 0 radical (unpaired) electrons. The first-order chi connectivity index (χ1) is 5.83. The first kappa shape index (κ1) is 9.20. The maximum absolute atomic E-state index is 5.90.